The van der Waals surface area contributed by atoms with E-state index < -0.39 is 34.3 Å². The van der Waals surface area contributed by atoms with Crippen molar-refractivity contribution in [3.8, 4) is 0 Å². The zero-order valence-corrected chi connectivity index (χ0v) is 24.7. The standard InChI is InChI=1S/C30H35ClFN3O4S/c1-5-22(4)33-30(37)28(6-2)34(19-23-12-10-11-21(3)17-23)29(36)20-35(24-15-16-27(32)26(31)18-24)40(38,39)25-13-8-7-9-14-25/h7-18,22,28H,5-6,19-20H2,1-4H3,(H,33,37)/t22-,28-/m0/s1. The number of halogens is 2. The number of hydrogen-bond acceptors (Lipinski definition) is 4. The molecular weight excluding hydrogens is 553 g/mol. The predicted molar refractivity (Wildman–Crippen MR) is 156 cm³/mol. The van der Waals surface area contributed by atoms with E-state index in [1.807, 2.05) is 45.0 Å². The monoisotopic (exact) mass is 587 g/mol. The molecule has 0 aromatic heterocycles. The van der Waals surface area contributed by atoms with Gasteiger partial charge in [0.05, 0.1) is 15.6 Å². The summed E-state index contributed by atoms with van der Waals surface area (Å²) in [5, 5.41) is 2.66. The van der Waals surface area contributed by atoms with Crippen LogP contribution < -0.4 is 9.62 Å². The van der Waals surface area contributed by atoms with Gasteiger partial charge in [-0.2, -0.15) is 0 Å². The third-order valence-electron chi connectivity index (χ3n) is 6.62. The average molecular weight is 588 g/mol. The molecule has 0 saturated heterocycles. The quantitative estimate of drug-likeness (QED) is 0.294. The van der Waals surface area contributed by atoms with Crippen LogP contribution in [0.15, 0.2) is 77.7 Å². The van der Waals surface area contributed by atoms with Crippen molar-refractivity contribution >= 4 is 39.1 Å². The minimum atomic E-state index is -4.26. The number of nitrogens with one attached hydrogen (secondary N) is 1. The van der Waals surface area contributed by atoms with Crippen molar-refractivity contribution in [1.82, 2.24) is 10.2 Å². The van der Waals surface area contributed by atoms with Gasteiger partial charge in [-0.3, -0.25) is 13.9 Å². The summed E-state index contributed by atoms with van der Waals surface area (Å²) in [6.07, 6.45) is 1.02. The number of anilines is 1. The Morgan fingerprint density at radius 2 is 1.68 bits per heavy atom. The molecule has 0 unspecified atom stereocenters. The van der Waals surface area contributed by atoms with E-state index in [0.717, 1.165) is 21.5 Å². The number of nitrogens with zero attached hydrogens (tertiary/aromatic N) is 2. The van der Waals surface area contributed by atoms with E-state index in [0.29, 0.717) is 12.8 Å². The van der Waals surface area contributed by atoms with Gasteiger partial charge in [-0.1, -0.05) is 73.5 Å². The summed E-state index contributed by atoms with van der Waals surface area (Å²) >= 11 is 6.01. The first-order valence-corrected chi connectivity index (χ1v) is 15.0. The number of rotatable bonds is 12. The number of carbonyl (C=O) groups excluding carboxylic acids is 2. The van der Waals surface area contributed by atoms with Crippen molar-refractivity contribution in [2.75, 3.05) is 10.8 Å². The molecule has 0 spiro atoms. The molecule has 214 valence electrons. The molecule has 2 atom stereocenters. The lowest BCUT2D eigenvalue weighted by molar-refractivity contribution is -0.140. The molecule has 0 fully saturated rings. The summed E-state index contributed by atoms with van der Waals surface area (Å²) in [5.41, 5.74) is 1.80. The highest BCUT2D eigenvalue weighted by atomic mass is 35.5. The van der Waals surface area contributed by atoms with Gasteiger partial charge >= 0.3 is 0 Å². The van der Waals surface area contributed by atoms with E-state index in [1.165, 1.54) is 29.2 Å². The summed E-state index contributed by atoms with van der Waals surface area (Å²) in [7, 11) is -4.26. The maximum Gasteiger partial charge on any atom is 0.264 e. The summed E-state index contributed by atoms with van der Waals surface area (Å²) in [5.74, 6) is -1.63. The molecule has 10 heteroatoms. The van der Waals surface area contributed by atoms with Crippen LogP contribution in [0.4, 0.5) is 10.1 Å². The molecule has 3 rings (SSSR count). The van der Waals surface area contributed by atoms with Crippen molar-refractivity contribution < 1.29 is 22.4 Å². The van der Waals surface area contributed by atoms with Gasteiger partial charge in [0.1, 0.15) is 18.4 Å². The Balaban J connectivity index is 2.07. The van der Waals surface area contributed by atoms with Gasteiger partial charge in [-0.05, 0) is 62.6 Å². The van der Waals surface area contributed by atoms with Gasteiger partial charge in [0.2, 0.25) is 11.8 Å². The Bertz CT molecular complexity index is 1440. The van der Waals surface area contributed by atoms with Crippen molar-refractivity contribution in [1.29, 1.82) is 0 Å². The molecule has 40 heavy (non-hydrogen) atoms. The molecule has 0 heterocycles. The predicted octanol–water partition coefficient (Wildman–Crippen LogP) is 5.70. The molecule has 3 aromatic rings. The van der Waals surface area contributed by atoms with E-state index in [-0.39, 0.29) is 34.1 Å². The van der Waals surface area contributed by atoms with E-state index in [4.69, 9.17) is 11.6 Å². The molecular formula is C30H35ClFN3O4S. The number of hydrogen-bond donors (Lipinski definition) is 1. The zero-order valence-electron chi connectivity index (χ0n) is 23.1. The molecule has 0 saturated carbocycles. The van der Waals surface area contributed by atoms with Crippen molar-refractivity contribution in [2.45, 2.75) is 64.1 Å². The second kappa shape index (κ2) is 13.8. The first-order chi connectivity index (χ1) is 19.0. The minimum Gasteiger partial charge on any atom is -0.352 e. The molecule has 7 nitrogen and oxygen atoms in total. The average Bonchev–Trinajstić information content (AvgIpc) is 2.93. The smallest absolute Gasteiger partial charge is 0.264 e. The van der Waals surface area contributed by atoms with Crippen LogP contribution in [0.1, 0.15) is 44.7 Å². The Morgan fingerprint density at radius 3 is 2.27 bits per heavy atom. The molecule has 2 amide bonds. The van der Waals surface area contributed by atoms with Gasteiger partial charge in [0.25, 0.3) is 10.0 Å². The highest BCUT2D eigenvalue weighted by Gasteiger charge is 2.34. The van der Waals surface area contributed by atoms with Gasteiger partial charge in [0.15, 0.2) is 0 Å². The SMILES string of the molecule is CC[C@H](C)NC(=O)[C@H](CC)N(Cc1cccc(C)c1)C(=O)CN(c1ccc(F)c(Cl)c1)S(=O)(=O)c1ccccc1. The number of amides is 2. The Labute approximate surface area is 241 Å². The molecule has 0 aliphatic heterocycles. The fourth-order valence-corrected chi connectivity index (χ4v) is 5.86. The molecule has 0 radical (unpaired) electrons. The van der Waals surface area contributed by atoms with Gasteiger partial charge in [-0.25, -0.2) is 12.8 Å². The molecule has 0 aliphatic rings. The van der Waals surface area contributed by atoms with E-state index in [9.17, 15) is 22.4 Å². The fourth-order valence-electron chi connectivity index (χ4n) is 4.26. The minimum absolute atomic E-state index is 0.0243. The lowest BCUT2D eigenvalue weighted by Crippen LogP contribution is -2.53. The van der Waals surface area contributed by atoms with Crippen LogP contribution in [0, 0.1) is 12.7 Å². The lowest BCUT2D eigenvalue weighted by atomic mass is 10.1. The molecule has 0 bridgehead atoms. The largest absolute Gasteiger partial charge is 0.352 e. The second-order valence-corrected chi connectivity index (χ2v) is 11.9. The third-order valence-corrected chi connectivity index (χ3v) is 8.70. The summed E-state index contributed by atoms with van der Waals surface area (Å²) in [4.78, 5) is 28.7. The maximum absolute atomic E-state index is 14.0. The topological polar surface area (TPSA) is 86.8 Å². The van der Waals surface area contributed by atoms with Crippen molar-refractivity contribution in [3.63, 3.8) is 0 Å². The second-order valence-electron chi connectivity index (χ2n) is 9.68. The Kier molecular flexibility index (Phi) is 10.7. The van der Waals surface area contributed by atoms with Crippen LogP contribution in [-0.4, -0.2) is 43.8 Å². The summed E-state index contributed by atoms with van der Waals surface area (Å²) in [6, 6.07) is 17.7. The number of carbonyl (C=O) groups is 2. The highest BCUT2D eigenvalue weighted by molar-refractivity contribution is 7.92. The van der Waals surface area contributed by atoms with Crippen LogP contribution in [0.3, 0.4) is 0 Å². The lowest BCUT2D eigenvalue weighted by Gasteiger charge is -2.33. The van der Waals surface area contributed by atoms with Crippen LogP contribution in [-0.2, 0) is 26.2 Å². The Hall–Kier alpha value is -3.43. The normalized spacial score (nSPS) is 12.8. The third kappa shape index (κ3) is 7.61. The summed E-state index contributed by atoms with van der Waals surface area (Å²) < 4.78 is 42.5. The first-order valence-electron chi connectivity index (χ1n) is 13.2. The molecule has 0 aliphatic carbocycles. The van der Waals surface area contributed by atoms with Gasteiger partial charge in [0, 0.05) is 12.6 Å². The van der Waals surface area contributed by atoms with Gasteiger partial charge in [-0.15, -0.1) is 0 Å². The van der Waals surface area contributed by atoms with Crippen LogP contribution in [0.25, 0.3) is 0 Å². The number of sulfonamides is 1. The van der Waals surface area contributed by atoms with Crippen molar-refractivity contribution in [2.24, 2.45) is 0 Å². The first kappa shape index (κ1) is 31.1. The number of benzene rings is 3. The van der Waals surface area contributed by atoms with Crippen molar-refractivity contribution in [3.05, 3.63) is 94.8 Å². The van der Waals surface area contributed by atoms with E-state index in [2.05, 4.69) is 5.32 Å². The van der Waals surface area contributed by atoms with E-state index in [1.54, 1.807) is 25.1 Å². The zero-order chi connectivity index (χ0) is 29.4. The van der Waals surface area contributed by atoms with E-state index >= 15 is 0 Å². The molecule has 3 aromatic carbocycles. The van der Waals surface area contributed by atoms with Gasteiger partial charge < -0.3 is 10.2 Å². The van der Waals surface area contributed by atoms with Crippen LogP contribution >= 0.6 is 11.6 Å². The fraction of sp³-hybridized carbons (Fsp3) is 0.333. The van der Waals surface area contributed by atoms with Crippen LogP contribution in [0.2, 0.25) is 5.02 Å². The molecule has 1 N–H and O–H groups in total. The van der Waals surface area contributed by atoms with Crippen LogP contribution in [0.5, 0.6) is 0 Å². The summed E-state index contributed by atoms with van der Waals surface area (Å²) in [6.45, 7) is 7.02. The maximum atomic E-state index is 14.0. The highest BCUT2D eigenvalue weighted by Crippen LogP contribution is 2.28. The number of aryl methyl sites for hydroxylation is 1. The Morgan fingerprint density at radius 1 is 0.975 bits per heavy atom.